The number of amides is 3. The third-order valence-electron chi connectivity index (χ3n) is 7.53. The molecule has 0 N–H and O–H groups in total. The molecule has 0 aliphatic carbocycles. The summed E-state index contributed by atoms with van der Waals surface area (Å²) in [6.45, 7) is 4.52. The molecule has 1 saturated heterocycles. The van der Waals surface area contributed by atoms with Crippen LogP contribution in [0.15, 0.2) is 30.3 Å². The Morgan fingerprint density at radius 3 is 2.47 bits per heavy atom. The van der Waals surface area contributed by atoms with Gasteiger partial charge in [-0.15, -0.1) is 0 Å². The zero-order valence-electron chi connectivity index (χ0n) is 20.0. The Labute approximate surface area is 207 Å². The van der Waals surface area contributed by atoms with E-state index in [1.165, 1.54) is 18.2 Å². The fourth-order valence-electron chi connectivity index (χ4n) is 5.26. The molecule has 0 atom stereocenters. The summed E-state index contributed by atoms with van der Waals surface area (Å²) < 4.78 is 6.39. The van der Waals surface area contributed by atoms with Gasteiger partial charge in [0, 0.05) is 45.0 Å². The topological polar surface area (TPSA) is 127 Å². The molecular weight excluding hydrogens is 466 g/mol. The van der Waals surface area contributed by atoms with Crippen LogP contribution >= 0.6 is 0 Å². The van der Waals surface area contributed by atoms with Crippen molar-refractivity contribution in [2.75, 3.05) is 19.6 Å². The van der Waals surface area contributed by atoms with Crippen molar-refractivity contribution in [3.63, 3.8) is 0 Å². The quantitative estimate of drug-likeness (QED) is 0.365. The number of hydrogen-bond donors (Lipinski definition) is 0. The average Bonchev–Trinajstić information content (AvgIpc) is 3.10. The minimum Gasteiger partial charge on any atom is -0.486 e. The van der Waals surface area contributed by atoms with Crippen molar-refractivity contribution in [1.29, 1.82) is 0 Å². The molecule has 5 rings (SSSR count). The Hall–Kier alpha value is -4.08. The Kier molecular flexibility index (Phi) is 5.61. The van der Waals surface area contributed by atoms with E-state index in [9.17, 15) is 29.3 Å². The molecule has 3 heterocycles. The number of piperidine rings is 1. The van der Waals surface area contributed by atoms with Gasteiger partial charge in [0.2, 0.25) is 5.91 Å². The van der Waals surface area contributed by atoms with E-state index in [2.05, 4.69) is 0 Å². The zero-order chi connectivity index (χ0) is 25.8. The molecule has 0 radical (unpaired) electrons. The van der Waals surface area contributed by atoms with E-state index in [0.29, 0.717) is 37.2 Å². The Bertz CT molecular complexity index is 1340. The van der Waals surface area contributed by atoms with E-state index < -0.39 is 28.0 Å². The van der Waals surface area contributed by atoms with Crippen molar-refractivity contribution in [1.82, 2.24) is 9.80 Å². The van der Waals surface area contributed by atoms with Crippen LogP contribution in [0, 0.1) is 24.0 Å². The van der Waals surface area contributed by atoms with Crippen molar-refractivity contribution in [2.24, 2.45) is 0 Å². The second-order valence-corrected chi connectivity index (χ2v) is 9.62. The van der Waals surface area contributed by atoms with Crippen LogP contribution in [0.5, 0.6) is 5.75 Å². The number of aryl methyl sites for hydroxylation is 1. The van der Waals surface area contributed by atoms with Crippen molar-refractivity contribution in [2.45, 2.75) is 45.1 Å². The summed E-state index contributed by atoms with van der Waals surface area (Å²) in [4.78, 5) is 64.3. The van der Waals surface area contributed by atoms with E-state index in [1.54, 1.807) is 11.0 Å². The molecule has 0 aromatic heterocycles. The standard InChI is InChI=1S/C26H25N3O7/c1-15-6-7-17-20(30)14-26(36-23(17)16(15)2)9-12-27(13-10-26)21(31)8-11-28-24(32)18-4-3-5-19(29(34)35)22(18)25(28)33/h3-7H,8-14H2,1-2H3. The summed E-state index contributed by atoms with van der Waals surface area (Å²) in [6.07, 6.45) is 1.17. The van der Waals surface area contributed by atoms with Crippen molar-refractivity contribution < 1.29 is 28.8 Å². The first-order chi connectivity index (χ1) is 17.1. The van der Waals surface area contributed by atoms with Gasteiger partial charge in [0.25, 0.3) is 17.5 Å². The van der Waals surface area contributed by atoms with E-state index in [4.69, 9.17) is 4.74 Å². The molecule has 0 saturated carbocycles. The van der Waals surface area contributed by atoms with E-state index in [0.717, 1.165) is 16.0 Å². The van der Waals surface area contributed by atoms with Gasteiger partial charge in [0.15, 0.2) is 5.78 Å². The first-order valence-corrected chi connectivity index (χ1v) is 11.9. The largest absolute Gasteiger partial charge is 0.486 e. The molecule has 36 heavy (non-hydrogen) atoms. The highest BCUT2D eigenvalue weighted by Gasteiger charge is 2.45. The monoisotopic (exact) mass is 491 g/mol. The molecule has 3 aliphatic rings. The van der Waals surface area contributed by atoms with Crippen molar-refractivity contribution >= 4 is 29.2 Å². The number of carbonyl (C=O) groups is 4. The number of carbonyl (C=O) groups excluding carboxylic acids is 4. The predicted octanol–water partition coefficient (Wildman–Crippen LogP) is 3.22. The van der Waals surface area contributed by atoms with E-state index in [-0.39, 0.29) is 42.2 Å². The third kappa shape index (κ3) is 3.73. The number of ether oxygens (including phenoxy) is 1. The first kappa shape index (κ1) is 23.7. The number of nitro groups is 1. The molecule has 2 aromatic rings. The molecule has 0 bridgehead atoms. The summed E-state index contributed by atoms with van der Waals surface area (Å²) in [5.41, 5.74) is 1.26. The lowest BCUT2D eigenvalue weighted by molar-refractivity contribution is -0.385. The molecule has 10 nitrogen and oxygen atoms in total. The van der Waals surface area contributed by atoms with Gasteiger partial charge in [-0.3, -0.25) is 34.2 Å². The Morgan fingerprint density at radius 1 is 1.06 bits per heavy atom. The molecular formula is C26H25N3O7. The number of imide groups is 1. The maximum atomic E-state index is 12.9. The number of benzene rings is 2. The predicted molar refractivity (Wildman–Crippen MR) is 127 cm³/mol. The molecule has 3 aliphatic heterocycles. The molecule has 10 heteroatoms. The number of nitro benzene ring substituents is 1. The summed E-state index contributed by atoms with van der Waals surface area (Å²) >= 11 is 0. The number of rotatable bonds is 4. The Morgan fingerprint density at radius 2 is 1.78 bits per heavy atom. The number of fused-ring (bicyclic) bond motifs is 2. The van der Waals surface area contributed by atoms with E-state index >= 15 is 0 Å². The second-order valence-electron chi connectivity index (χ2n) is 9.62. The maximum Gasteiger partial charge on any atom is 0.282 e. The Balaban J connectivity index is 1.22. The molecule has 1 fully saturated rings. The van der Waals surface area contributed by atoms with Crippen LogP contribution in [0.25, 0.3) is 0 Å². The lowest BCUT2D eigenvalue weighted by Gasteiger charge is -2.44. The first-order valence-electron chi connectivity index (χ1n) is 11.9. The highest BCUT2D eigenvalue weighted by molar-refractivity contribution is 6.23. The SMILES string of the molecule is Cc1ccc2c(c1C)OC1(CCN(C(=O)CCN3C(=O)c4cccc([N+](=O)[O-])c4C3=O)CC1)CC2=O. The molecule has 1 spiro atoms. The average molecular weight is 492 g/mol. The van der Waals surface area contributed by atoms with Gasteiger partial charge in [-0.1, -0.05) is 12.1 Å². The van der Waals surface area contributed by atoms with Crippen LogP contribution < -0.4 is 4.74 Å². The summed E-state index contributed by atoms with van der Waals surface area (Å²) in [5, 5.41) is 11.3. The third-order valence-corrected chi connectivity index (χ3v) is 7.53. The number of ketones is 1. The van der Waals surface area contributed by atoms with E-state index in [1.807, 2.05) is 19.9 Å². The maximum absolute atomic E-state index is 12.9. The van der Waals surface area contributed by atoms with Gasteiger partial charge in [-0.2, -0.15) is 0 Å². The number of likely N-dealkylation sites (tertiary alicyclic amines) is 1. The van der Waals surface area contributed by atoms with Gasteiger partial charge in [0.1, 0.15) is 16.9 Å². The normalized spacial score (nSPS) is 18.2. The molecule has 186 valence electrons. The minimum atomic E-state index is -0.758. The minimum absolute atomic E-state index is 0.0218. The lowest BCUT2D eigenvalue weighted by atomic mass is 9.81. The molecule has 2 aromatic carbocycles. The van der Waals surface area contributed by atoms with Crippen LogP contribution in [0.4, 0.5) is 5.69 Å². The summed E-state index contributed by atoms with van der Waals surface area (Å²) in [5.74, 6) is -0.955. The van der Waals surface area contributed by atoms with Crippen molar-refractivity contribution in [3.05, 3.63) is 68.3 Å². The van der Waals surface area contributed by atoms with Crippen LogP contribution in [-0.4, -0.2) is 63.5 Å². The van der Waals surface area contributed by atoms with Crippen LogP contribution in [0.2, 0.25) is 0 Å². The number of hydrogen-bond acceptors (Lipinski definition) is 7. The fourth-order valence-corrected chi connectivity index (χ4v) is 5.26. The highest BCUT2D eigenvalue weighted by atomic mass is 16.6. The van der Waals surface area contributed by atoms with Gasteiger partial charge in [-0.25, -0.2) is 0 Å². The smallest absolute Gasteiger partial charge is 0.282 e. The summed E-state index contributed by atoms with van der Waals surface area (Å²) in [6, 6.07) is 7.64. The van der Waals surface area contributed by atoms with Gasteiger partial charge >= 0.3 is 0 Å². The zero-order valence-corrected chi connectivity index (χ0v) is 20.0. The van der Waals surface area contributed by atoms with Gasteiger partial charge in [0.05, 0.1) is 22.5 Å². The fraction of sp³-hybridized carbons (Fsp3) is 0.385. The number of nitrogens with zero attached hydrogens (tertiary/aromatic N) is 3. The number of Topliss-reactive ketones (excluding diaryl/α,β-unsaturated/α-hetero) is 1. The molecule has 3 amide bonds. The van der Waals surface area contributed by atoms with Gasteiger partial charge < -0.3 is 9.64 Å². The van der Waals surface area contributed by atoms with Crippen LogP contribution in [0.1, 0.15) is 67.9 Å². The van der Waals surface area contributed by atoms with Gasteiger partial charge in [-0.05, 0) is 37.1 Å². The summed E-state index contributed by atoms with van der Waals surface area (Å²) in [7, 11) is 0. The van der Waals surface area contributed by atoms with Crippen LogP contribution in [-0.2, 0) is 4.79 Å². The lowest BCUT2D eigenvalue weighted by Crippen LogP contribution is -2.52. The molecule has 0 unspecified atom stereocenters. The van der Waals surface area contributed by atoms with Crippen LogP contribution in [0.3, 0.4) is 0 Å². The van der Waals surface area contributed by atoms with Crippen molar-refractivity contribution in [3.8, 4) is 5.75 Å². The highest BCUT2D eigenvalue weighted by Crippen LogP contribution is 2.42. The second kappa shape index (κ2) is 8.54.